The standard InChI is InChI=1S/C21H25N3O2/c1-4-10-22-20(25)13-18(16-8-5-9-17(12-16)26-3)19-14-23-21-15(2)7-6-11-24(19)21/h5-9,11-12,14,18H,4,10,13H2,1-3H3,(H,22,25). The Balaban J connectivity index is 2.04. The fourth-order valence-corrected chi connectivity index (χ4v) is 3.20. The highest BCUT2D eigenvalue weighted by Gasteiger charge is 2.22. The van der Waals surface area contributed by atoms with E-state index in [1.165, 1.54) is 0 Å². The summed E-state index contributed by atoms with van der Waals surface area (Å²) in [7, 11) is 1.65. The number of imidazole rings is 1. The number of hydrogen-bond acceptors (Lipinski definition) is 3. The summed E-state index contributed by atoms with van der Waals surface area (Å²) in [6.07, 6.45) is 5.17. The summed E-state index contributed by atoms with van der Waals surface area (Å²) in [4.78, 5) is 17.0. The number of carbonyl (C=O) groups is 1. The van der Waals surface area contributed by atoms with Gasteiger partial charge in [-0.05, 0) is 42.7 Å². The highest BCUT2D eigenvalue weighted by molar-refractivity contribution is 5.77. The summed E-state index contributed by atoms with van der Waals surface area (Å²) in [5, 5.41) is 2.98. The summed E-state index contributed by atoms with van der Waals surface area (Å²) in [6, 6.07) is 12.0. The highest BCUT2D eigenvalue weighted by atomic mass is 16.5. The molecule has 1 atom stereocenters. The second-order valence-electron chi connectivity index (χ2n) is 6.45. The van der Waals surface area contributed by atoms with Gasteiger partial charge in [0, 0.05) is 31.3 Å². The van der Waals surface area contributed by atoms with Gasteiger partial charge in [-0.2, -0.15) is 0 Å². The minimum absolute atomic E-state index is 0.0438. The number of fused-ring (bicyclic) bond motifs is 1. The number of benzene rings is 1. The van der Waals surface area contributed by atoms with Crippen LogP contribution in [0.4, 0.5) is 0 Å². The molecule has 0 aliphatic heterocycles. The van der Waals surface area contributed by atoms with Crippen LogP contribution in [-0.4, -0.2) is 28.9 Å². The van der Waals surface area contributed by atoms with Crippen molar-refractivity contribution in [2.75, 3.05) is 13.7 Å². The third-order valence-corrected chi connectivity index (χ3v) is 4.57. The number of hydrogen-bond donors (Lipinski definition) is 1. The van der Waals surface area contributed by atoms with Crippen molar-refractivity contribution in [3.63, 3.8) is 0 Å². The van der Waals surface area contributed by atoms with E-state index in [1.54, 1.807) is 7.11 Å². The van der Waals surface area contributed by atoms with E-state index in [-0.39, 0.29) is 11.8 Å². The largest absolute Gasteiger partial charge is 0.497 e. The average molecular weight is 351 g/mol. The minimum atomic E-state index is -0.0984. The van der Waals surface area contributed by atoms with Gasteiger partial charge < -0.3 is 14.5 Å². The van der Waals surface area contributed by atoms with Crippen molar-refractivity contribution in [1.29, 1.82) is 0 Å². The van der Waals surface area contributed by atoms with Crippen LogP contribution in [-0.2, 0) is 4.79 Å². The van der Waals surface area contributed by atoms with E-state index in [2.05, 4.69) is 14.7 Å². The van der Waals surface area contributed by atoms with Crippen LogP contribution < -0.4 is 10.1 Å². The van der Waals surface area contributed by atoms with Crippen molar-refractivity contribution < 1.29 is 9.53 Å². The van der Waals surface area contributed by atoms with Crippen LogP contribution in [0, 0.1) is 6.92 Å². The number of nitrogens with one attached hydrogen (secondary N) is 1. The maximum atomic E-state index is 12.5. The van der Waals surface area contributed by atoms with E-state index in [4.69, 9.17) is 4.74 Å². The van der Waals surface area contributed by atoms with E-state index in [0.717, 1.165) is 34.6 Å². The first-order chi connectivity index (χ1) is 12.6. The molecule has 5 heteroatoms. The molecule has 1 unspecified atom stereocenters. The quantitative estimate of drug-likeness (QED) is 0.706. The zero-order valence-electron chi connectivity index (χ0n) is 15.5. The van der Waals surface area contributed by atoms with Gasteiger partial charge in [-0.1, -0.05) is 25.1 Å². The molecule has 0 bridgehead atoms. The number of amides is 1. The zero-order chi connectivity index (χ0) is 18.5. The van der Waals surface area contributed by atoms with E-state index >= 15 is 0 Å². The van der Waals surface area contributed by atoms with Crippen molar-refractivity contribution in [3.05, 3.63) is 65.6 Å². The normalized spacial score (nSPS) is 12.1. The SMILES string of the molecule is CCCNC(=O)CC(c1cccc(OC)c1)c1cnc2c(C)cccn12. The molecule has 0 radical (unpaired) electrons. The molecule has 0 spiro atoms. The lowest BCUT2D eigenvalue weighted by Crippen LogP contribution is -2.26. The Morgan fingerprint density at radius 3 is 2.92 bits per heavy atom. The molecule has 0 aliphatic carbocycles. The smallest absolute Gasteiger partial charge is 0.221 e. The Morgan fingerprint density at radius 2 is 2.15 bits per heavy atom. The van der Waals surface area contributed by atoms with Crippen LogP contribution in [0.3, 0.4) is 0 Å². The van der Waals surface area contributed by atoms with Crippen LogP contribution in [0.15, 0.2) is 48.8 Å². The lowest BCUT2D eigenvalue weighted by Gasteiger charge is -2.18. The van der Waals surface area contributed by atoms with Crippen LogP contribution in [0.1, 0.15) is 42.5 Å². The van der Waals surface area contributed by atoms with E-state index in [1.807, 2.05) is 62.6 Å². The molecule has 0 fully saturated rings. The number of pyridine rings is 1. The second-order valence-corrected chi connectivity index (χ2v) is 6.45. The van der Waals surface area contributed by atoms with Gasteiger partial charge in [-0.15, -0.1) is 0 Å². The molecule has 3 rings (SSSR count). The topological polar surface area (TPSA) is 55.6 Å². The summed E-state index contributed by atoms with van der Waals surface area (Å²) >= 11 is 0. The number of methoxy groups -OCH3 is 1. The molecule has 0 saturated carbocycles. The molecule has 0 aliphatic rings. The monoisotopic (exact) mass is 351 g/mol. The Hall–Kier alpha value is -2.82. The van der Waals surface area contributed by atoms with E-state index < -0.39 is 0 Å². The molecule has 2 heterocycles. The molecule has 2 aromatic heterocycles. The van der Waals surface area contributed by atoms with Crippen molar-refractivity contribution in [2.24, 2.45) is 0 Å². The molecule has 26 heavy (non-hydrogen) atoms. The van der Waals surface area contributed by atoms with Gasteiger partial charge in [0.1, 0.15) is 11.4 Å². The second kappa shape index (κ2) is 8.04. The first-order valence-corrected chi connectivity index (χ1v) is 8.97. The summed E-state index contributed by atoms with van der Waals surface area (Å²) in [6.45, 7) is 4.78. The zero-order valence-corrected chi connectivity index (χ0v) is 15.5. The number of aromatic nitrogens is 2. The van der Waals surface area contributed by atoms with Gasteiger partial charge in [0.15, 0.2) is 0 Å². The Morgan fingerprint density at radius 1 is 1.31 bits per heavy atom. The van der Waals surface area contributed by atoms with E-state index in [0.29, 0.717) is 13.0 Å². The first-order valence-electron chi connectivity index (χ1n) is 8.97. The van der Waals surface area contributed by atoms with Gasteiger partial charge in [-0.3, -0.25) is 4.79 Å². The van der Waals surface area contributed by atoms with Crippen molar-refractivity contribution >= 4 is 11.6 Å². The first kappa shape index (κ1) is 18.0. The number of rotatable bonds is 7. The Kier molecular flexibility index (Phi) is 5.56. The molecule has 136 valence electrons. The Bertz CT molecular complexity index is 901. The lowest BCUT2D eigenvalue weighted by molar-refractivity contribution is -0.121. The van der Waals surface area contributed by atoms with Gasteiger partial charge in [-0.25, -0.2) is 4.98 Å². The van der Waals surface area contributed by atoms with E-state index in [9.17, 15) is 4.79 Å². The molecule has 1 amide bonds. The number of ether oxygens (including phenoxy) is 1. The average Bonchev–Trinajstić information content (AvgIpc) is 3.09. The fourth-order valence-electron chi connectivity index (χ4n) is 3.20. The summed E-state index contributed by atoms with van der Waals surface area (Å²) in [5.74, 6) is 0.729. The van der Waals surface area contributed by atoms with Crippen LogP contribution in [0.5, 0.6) is 5.75 Å². The van der Waals surface area contributed by atoms with Gasteiger partial charge >= 0.3 is 0 Å². The predicted molar refractivity (Wildman–Crippen MR) is 103 cm³/mol. The summed E-state index contributed by atoms with van der Waals surface area (Å²) in [5.41, 5.74) is 4.07. The highest BCUT2D eigenvalue weighted by Crippen LogP contribution is 2.31. The Labute approximate surface area is 154 Å². The maximum absolute atomic E-state index is 12.5. The lowest BCUT2D eigenvalue weighted by atomic mass is 9.92. The van der Waals surface area contributed by atoms with Crippen LogP contribution >= 0.6 is 0 Å². The van der Waals surface area contributed by atoms with Crippen molar-refractivity contribution in [3.8, 4) is 5.75 Å². The summed E-state index contributed by atoms with van der Waals surface area (Å²) < 4.78 is 7.45. The molecule has 0 saturated heterocycles. The molecular formula is C21H25N3O2. The number of aryl methyl sites for hydroxylation is 1. The van der Waals surface area contributed by atoms with Gasteiger partial charge in [0.25, 0.3) is 0 Å². The number of carbonyl (C=O) groups excluding carboxylic acids is 1. The predicted octanol–water partition coefficient (Wildman–Crippen LogP) is 3.70. The van der Waals surface area contributed by atoms with Crippen LogP contribution in [0.2, 0.25) is 0 Å². The van der Waals surface area contributed by atoms with Crippen molar-refractivity contribution in [2.45, 2.75) is 32.6 Å². The third-order valence-electron chi connectivity index (χ3n) is 4.57. The van der Waals surface area contributed by atoms with Gasteiger partial charge in [0.05, 0.1) is 12.8 Å². The molecule has 5 nitrogen and oxygen atoms in total. The molecule has 3 aromatic rings. The fraction of sp³-hybridized carbons (Fsp3) is 0.333. The van der Waals surface area contributed by atoms with Crippen molar-refractivity contribution in [1.82, 2.24) is 14.7 Å². The maximum Gasteiger partial charge on any atom is 0.221 e. The number of nitrogens with zero attached hydrogens (tertiary/aromatic N) is 2. The molecular weight excluding hydrogens is 326 g/mol. The van der Waals surface area contributed by atoms with Gasteiger partial charge in [0.2, 0.25) is 5.91 Å². The third kappa shape index (κ3) is 3.72. The molecule has 1 N–H and O–H groups in total. The minimum Gasteiger partial charge on any atom is -0.497 e. The molecule has 1 aromatic carbocycles. The van der Waals surface area contributed by atoms with Crippen LogP contribution in [0.25, 0.3) is 5.65 Å².